The minimum Gasteiger partial charge on any atom is -0.0997 e. The predicted molar refractivity (Wildman–Crippen MR) is 118 cm³/mol. The molecular weight excluding hydrogens is 312 g/mol. The van der Waals surface area contributed by atoms with E-state index in [-0.39, 0.29) is 32.7 Å². The molecule has 0 fully saturated rings. The predicted octanol–water partition coefficient (Wildman–Crippen LogP) is 6.84. The Morgan fingerprint density at radius 3 is 0.913 bits per heavy atom. The molecule has 0 aromatic carbocycles. The zero-order valence-electron chi connectivity index (χ0n) is 18.2. The standard InChI is InChI=1S/C19H42P2.2B/c1-16(2,3)13-18(7,8)20(11)15-21(12)19(9,10)14-17(4,5)6;;/h13-15H2,1-12H3;;/t20-,21-;;/m0../s1. The molecule has 4 heteroatoms. The largest absolute Gasteiger partial charge is 0.0997 e. The van der Waals surface area contributed by atoms with Gasteiger partial charge in [-0.2, -0.15) is 0 Å². The Balaban J connectivity index is -0.00000200. The maximum Gasteiger partial charge on any atom is 0 e. The van der Waals surface area contributed by atoms with E-state index in [1.165, 1.54) is 18.7 Å². The molecule has 0 aliphatic rings. The van der Waals surface area contributed by atoms with Crippen LogP contribution in [0.5, 0.6) is 0 Å². The molecule has 0 saturated carbocycles. The van der Waals surface area contributed by atoms with E-state index < -0.39 is 0 Å². The summed E-state index contributed by atoms with van der Waals surface area (Å²) in [5.41, 5.74) is 0.884. The molecule has 134 valence electrons. The molecule has 0 amide bonds. The van der Waals surface area contributed by atoms with Crippen LogP contribution in [0.3, 0.4) is 0 Å². The molecule has 0 spiro atoms. The van der Waals surface area contributed by atoms with Crippen molar-refractivity contribution in [1.82, 2.24) is 0 Å². The Morgan fingerprint density at radius 1 is 0.522 bits per heavy atom. The lowest BCUT2D eigenvalue weighted by Crippen LogP contribution is -2.29. The Morgan fingerprint density at radius 2 is 0.739 bits per heavy atom. The zero-order valence-corrected chi connectivity index (χ0v) is 20.0. The molecule has 0 aromatic rings. The minimum absolute atomic E-state index is 0. The van der Waals surface area contributed by atoms with Gasteiger partial charge in [0.25, 0.3) is 0 Å². The van der Waals surface area contributed by atoms with Crippen molar-refractivity contribution in [3.63, 3.8) is 0 Å². The summed E-state index contributed by atoms with van der Waals surface area (Å²) in [5.74, 6) is 1.47. The third kappa shape index (κ3) is 12.1. The third-order valence-electron chi connectivity index (χ3n) is 4.42. The topological polar surface area (TPSA) is 0 Å². The zero-order chi connectivity index (χ0) is 17.3. The molecule has 0 aliphatic carbocycles. The van der Waals surface area contributed by atoms with Gasteiger partial charge in [0.1, 0.15) is 0 Å². The van der Waals surface area contributed by atoms with E-state index in [1.807, 2.05) is 0 Å². The second-order valence-electron chi connectivity index (χ2n) is 10.6. The summed E-state index contributed by atoms with van der Waals surface area (Å²) in [4.78, 5) is 0. The van der Waals surface area contributed by atoms with Gasteiger partial charge in [0.15, 0.2) is 0 Å². The molecule has 0 rings (SSSR count). The van der Waals surface area contributed by atoms with Crippen LogP contribution in [0.1, 0.15) is 82.1 Å². The minimum atomic E-state index is 0. The van der Waals surface area contributed by atoms with E-state index in [9.17, 15) is 0 Å². The van der Waals surface area contributed by atoms with Crippen molar-refractivity contribution >= 4 is 32.7 Å². The maximum atomic E-state index is 2.55. The first-order valence-electron chi connectivity index (χ1n) is 8.39. The van der Waals surface area contributed by atoms with Crippen molar-refractivity contribution < 1.29 is 0 Å². The van der Waals surface area contributed by atoms with Crippen LogP contribution in [0.4, 0.5) is 0 Å². The third-order valence-corrected chi connectivity index (χ3v) is 12.3. The van der Waals surface area contributed by atoms with Gasteiger partial charge in [0.05, 0.1) is 0 Å². The van der Waals surface area contributed by atoms with Gasteiger partial charge in [-0.1, -0.05) is 85.1 Å². The average Bonchev–Trinajstić information content (AvgIpc) is 2.08. The van der Waals surface area contributed by atoms with Gasteiger partial charge in [-0.3, -0.25) is 0 Å². The van der Waals surface area contributed by atoms with Gasteiger partial charge in [-0.25, -0.2) is 0 Å². The maximum absolute atomic E-state index is 2.55. The number of hydrogen-bond acceptors (Lipinski definition) is 0. The Bertz CT molecular complexity index is 293. The molecule has 0 unspecified atom stereocenters. The lowest BCUT2D eigenvalue weighted by Gasteiger charge is -2.43. The average molecular weight is 354 g/mol. The Kier molecular flexibility index (Phi) is 12.0. The Labute approximate surface area is 155 Å². The monoisotopic (exact) mass is 354 g/mol. The Hall–Kier alpha value is 0.990. The van der Waals surface area contributed by atoms with Gasteiger partial charge < -0.3 is 0 Å². The van der Waals surface area contributed by atoms with Crippen LogP contribution in [-0.2, 0) is 0 Å². The van der Waals surface area contributed by atoms with Gasteiger partial charge in [-0.05, 0) is 53.2 Å². The molecule has 0 aromatic heterocycles. The molecule has 6 radical (unpaired) electrons. The highest BCUT2D eigenvalue weighted by Gasteiger charge is 2.36. The van der Waals surface area contributed by atoms with Gasteiger partial charge in [0, 0.05) is 16.8 Å². The van der Waals surface area contributed by atoms with Crippen LogP contribution in [0.2, 0.25) is 0 Å². The lowest BCUT2D eigenvalue weighted by atomic mass is 9.86. The summed E-state index contributed by atoms with van der Waals surface area (Å²) < 4.78 is 0. The van der Waals surface area contributed by atoms with E-state index in [4.69, 9.17) is 0 Å². The number of rotatable bonds is 6. The van der Waals surface area contributed by atoms with E-state index in [0.29, 0.717) is 21.1 Å². The molecule has 0 N–H and O–H groups in total. The highest BCUT2D eigenvalue weighted by molar-refractivity contribution is 7.75. The van der Waals surface area contributed by atoms with Crippen molar-refractivity contribution in [3.8, 4) is 0 Å². The van der Waals surface area contributed by atoms with E-state index in [2.05, 4.69) is 82.6 Å². The normalized spacial score (nSPS) is 16.2. The summed E-state index contributed by atoms with van der Waals surface area (Å²) in [5, 5.41) is 1.00. The van der Waals surface area contributed by atoms with Gasteiger partial charge in [0.2, 0.25) is 0 Å². The van der Waals surface area contributed by atoms with Crippen molar-refractivity contribution in [2.24, 2.45) is 10.8 Å². The fourth-order valence-electron chi connectivity index (χ4n) is 3.57. The van der Waals surface area contributed by atoms with E-state index >= 15 is 0 Å². The number of hydrogen-bond donors (Lipinski definition) is 0. The van der Waals surface area contributed by atoms with Gasteiger partial charge >= 0.3 is 0 Å². The highest BCUT2D eigenvalue weighted by atomic mass is 31.2. The SMILES string of the molecule is C[P@@](C[P@](C)C(C)(C)CC(C)(C)C)C(C)(C)CC(C)(C)C.[B].[B]. The van der Waals surface area contributed by atoms with Crippen molar-refractivity contribution in [2.75, 3.05) is 19.2 Å². The van der Waals surface area contributed by atoms with Crippen LogP contribution in [0, 0.1) is 10.8 Å². The first-order valence-corrected chi connectivity index (χ1v) is 12.3. The van der Waals surface area contributed by atoms with Crippen LogP contribution in [-0.4, -0.2) is 46.4 Å². The van der Waals surface area contributed by atoms with Crippen molar-refractivity contribution in [2.45, 2.75) is 92.4 Å². The fourth-order valence-corrected chi connectivity index (χ4v) is 10.7. The van der Waals surface area contributed by atoms with E-state index in [0.717, 1.165) is 0 Å². The van der Waals surface area contributed by atoms with Crippen molar-refractivity contribution in [1.29, 1.82) is 0 Å². The van der Waals surface area contributed by atoms with Crippen LogP contribution < -0.4 is 0 Å². The van der Waals surface area contributed by atoms with Crippen LogP contribution in [0.25, 0.3) is 0 Å². The fraction of sp³-hybridized carbons (Fsp3) is 1.00. The first-order chi connectivity index (χ1) is 8.96. The molecule has 0 bridgehead atoms. The molecule has 0 aliphatic heterocycles. The quantitative estimate of drug-likeness (QED) is 0.362. The van der Waals surface area contributed by atoms with Crippen molar-refractivity contribution in [3.05, 3.63) is 0 Å². The summed E-state index contributed by atoms with van der Waals surface area (Å²) in [6, 6.07) is 0. The van der Waals surface area contributed by atoms with Crippen LogP contribution in [0.15, 0.2) is 0 Å². The van der Waals surface area contributed by atoms with Gasteiger partial charge in [-0.15, -0.1) is 0 Å². The smallest absolute Gasteiger partial charge is 0 e. The molecule has 0 heterocycles. The van der Waals surface area contributed by atoms with E-state index in [1.54, 1.807) is 0 Å². The molecular formula is C19H42B2P2. The highest BCUT2D eigenvalue weighted by Crippen LogP contribution is 2.63. The molecule has 0 nitrogen and oxygen atoms in total. The molecule has 23 heavy (non-hydrogen) atoms. The molecule has 2 atom stereocenters. The second kappa shape index (κ2) is 9.62. The summed E-state index contributed by atoms with van der Waals surface area (Å²) in [6.45, 7) is 29.4. The van der Waals surface area contributed by atoms with Crippen LogP contribution >= 0.6 is 15.8 Å². The first kappa shape index (κ1) is 28.8. The molecule has 0 saturated heterocycles. The second-order valence-corrected chi connectivity index (χ2v) is 17.0. The summed E-state index contributed by atoms with van der Waals surface area (Å²) in [6.07, 6.45) is 2.68. The summed E-state index contributed by atoms with van der Waals surface area (Å²) >= 11 is 0. The summed E-state index contributed by atoms with van der Waals surface area (Å²) in [7, 11) is 0.191. The lowest BCUT2D eigenvalue weighted by molar-refractivity contribution is 0.335.